The number of aromatic nitrogens is 2. The highest BCUT2D eigenvalue weighted by molar-refractivity contribution is 5.04. The van der Waals surface area contributed by atoms with Gasteiger partial charge in [0.25, 0.3) is 5.56 Å². The third kappa shape index (κ3) is 3.75. The number of aromatic amines is 1. The average molecular weight is 225 g/mol. The van der Waals surface area contributed by atoms with E-state index in [1.54, 1.807) is 7.11 Å². The summed E-state index contributed by atoms with van der Waals surface area (Å²) in [6.07, 6.45) is 0.865. The molecule has 0 aromatic carbocycles. The number of nitrogens with one attached hydrogen (secondary N) is 2. The van der Waals surface area contributed by atoms with Crippen molar-refractivity contribution in [2.75, 3.05) is 13.7 Å². The maximum Gasteiger partial charge on any atom is 0.251 e. The molecule has 1 unspecified atom stereocenters. The van der Waals surface area contributed by atoms with Gasteiger partial charge in [-0.1, -0.05) is 6.92 Å². The second-order valence-electron chi connectivity index (χ2n) is 3.68. The lowest BCUT2D eigenvalue weighted by molar-refractivity contribution is 0.111. The molecule has 5 nitrogen and oxygen atoms in total. The summed E-state index contributed by atoms with van der Waals surface area (Å²) in [7, 11) is 1.59. The molecular weight excluding hydrogens is 206 g/mol. The Kier molecular flexibility index (Phi) is 5.14. The summed E-state index contributed by atoms with van der Waals surface area (Å²) in [6.45, 7) is 5.48. The Morgan fingerprint density at radius 1 is 1.62 bits per heavy atom. The Hall–Kier alpha value is -1.20. The van der Waals surface area contributed by atoms with Crippen molar-refractivity contribution in [2.45, 2.75) is 32.9 Å². The van der Waals surface area contributed by atoms with Gasteiger partial charge in [-0.05, 0) is 19.9 Å². The number of H-pyrrole nitrogens is 1. The van der Waals surface area contributed by atoms with E-state index in [1.165, 1.54) is 6.07 Å². The zero-order valence-electron chi connectivity index (χ0n) is 10.0. The van der Waals surface area contributed by atoms with Crippen LogP contribution < -0.4 is 10.9 Å². The van der Waals surface area contributed by atoms with E-state index in [9.17, 15) is 4.79 Å². The molecule has 1 atom stereocenters. The molecule has 1 aromatic heterocycles. The van der Waals surface area contributed by atoms with Gasteiger partial charge in [-0.15, -0.1) is 0 Å². The fourth-order valence-electron chi connectivity index (χ4n) is 1.32. The van der Waals surface area contributed by atoms with Crippen molar-refractivity contribution in [1.29, 1.82) is 0 Å². The van der Waals surface area contributed by atoms with E-state index >= 15 is 0 Å². The largest absolute Gasteiger partial charge is 0.374 e. The Bertz CT molecular complexity index is 376. The fraction of sp³-hybridized carbons (Fsp3) is 0.636. The average Bonchev–Trinajstić information content (AvgIpc) is 2.27. The van der Waals surface area contributed by atoms with Gasteiger partial charge in [0.2, 0.25) is 0 Å². The Morgan fingerprint density at radius 2 is 2.38 bits per heavy atom. The standard InChI is InChI=1S/C11H19N3O2/c1-4-5-12-7-9-6-10(15)14-11(13-9)8(2)16-3/h6,8,12H,4-5,7H2,1-3H3,(H,13,14,15). The first-order chi connectivity index (χ1) is 7.67. The van der Waals surface area contributed by atoms with Crippen LogP contribution in [0.25, 0.3) is 0 Å². The molecule has 0 fully saturated rings. The minimum atomic E-state index is -0.196. The van der Waals surface area contributed by atoms with Crippen molar-refractivity contribution in [2.24, 2.45) is 0 Å². The number of methoxy groups -OCH3 is 1. The molecule has 16 heavy (non-hydrogen) atoms. The number of ether oxygens (including phenoxy) is 1. The molecule has 0 saturated heterocycles. The first kappa shape index (κ1) is 12.9. The maximum atomic E-state index is 11.4. The lowest BCUT2D eigenvalue weighted by Gasteiger charge is -2.10. The zero-order chi connectivity index (χ0) is 12.0. The Labute approximate surface area is 95.3 Å². The van der Waals surface area contributed by atoms with E-state index in [1.807, 2.05) is 6.92 Å². The second kappa shape index (κ2) is 6.40. The molecule has 2 N–H and O–H groups in total. The van der Waals surface area contributed by atoms with Crippen LogP contribution in [0.1, 0.15) is 37.9 Å². The molecule has 1 aromatic rings. The van der Waals surface area contributed by atoms with Gasteiger partial charge in [0.05, 0.1) is 5.69 Å². The number of hydrogen-bond acceptors (Lipinski definition) is 4. The monoisotopic (exact) mass is 225 g/mol. The normalized spacial score (nSPS) is 12.7. The molecule has 0 aliphatic carbocycles. The predicted octanol–water partition coefficient (Wildman–Crippen LogP) is 0.977. The van der Waals surface area contributed by atoms with Gasteiger partial charge >= 0.3 is 0 Å². The van der Waals surface area contributed by atoms with Gasteiger partial charge in [-0.2, -0.15) is 0 Å². The first-order valence-electron chi connectivity index (χ1n) is 5.51. The highest BCUT2D eigenvalue weighted by Crippen LogP contribution is 2.08. The molecule has 0 amide bonds. The molecule has 1 rings (SSSR count). The number of rotatable bonds is 6. The van der Waals surface area contributed by atoms with Crippen LogP contribution in [-0.2, 0) is 11.3 Å². The SMILES string of the molecule is CCCNCc1cc(=O)[nH]c(C(C)OC)n1. The van der Waals surface area contributed by atoms with E-state index < -0.39 is 0 Å². The van der Waals surface area contributed by atoms with Crippen molar-refractivity contribution in [3.63, 3.8) is 0 Å². The van der Waals surface area contributed by atoms with Crippen LogP contribution in [0.15, 0.2) is 10.9 Å². The predicted molar refractivity (Wildman–Crippen MR) is 62.3 cm³/mol. The van der Waals surface area contributed by atoms with Gasteiger partial charge in [0.1, 0.15) is 11.9 Å². The summed E-state index contributed by atoms with van der Waals surface area (Å²) < 4.78 is 5.12. The topological polar surface area (TPSA) is 67.0 Å². The fourth-order valence-corrected chi connectivity index (χ4v) is 1.32. The molecule has 0 bridgehead atoms. The van der Waals surface area contributed by atoms with Gasteiger partial charge in [0.15, 0.2) is 0 Å². The molecule has 1 heterocycles. The van der Waals surface area contributed by atoms with Gasteiger partial charge in [-0.3, -0.25) is 4.79 Å². The first-order valence-corrected chi connectivity index (χ1v) is 5.51. The minimum absolute atomic E-state index is 0.137. The molecule has 0 saturated carbocycles. The molecule has 0 radical (unpaired) electrons. The van der Waals surface area contributed by atoms with Crippen molar-refractivity contribution in [1.82, 2.24) is 15.3 Å². The van der Waals surface area contributed by atoms with E-state index in [4.69, 9.17) is 4.74 Å². The highest BCUT2D eigenvalue weighted by Gasteiger charge is 2.08. The van der Waals surface area contributed by atoms with Crippen molar-refractivity contribution in [3.8, 4) is 0 Å². The summed E-state index contributed by atoms with van der Waals surface area (Å²) in [5, 5.41) is 3.21. The Balaban J connectivity index is 2.77. The van der Waals surface area contributed by atoms with Crippen LogP contribution in [0.2, 0.25) is 0 Å². The van der Waals surface area contributed by atoms with E-state index in [0.717, 1.165) is 18.7 Å². The van der Waals surface area contributed by atoms with Crippen LogP contribution in [0.5, 0.6) is 0 Å². The summed E-state index contributed by atoms with van der Waals surface area (Å²) in [5.41, 5.74) is 0.610. The zero-order valence-corrected chi connectivity index (χ0v) is 10.0. The quantitative estimate of drug-likeness (QED) is 0.708. The number of nitrogens with zero attached hydrogens (tertiary/aromatic N) is 1. The molecule has 0 aliphatic heterocycles. The number of hydrogen-bond donors (Lipinski definition) is 2. The van der Waals surface area contributed by atoms with E-state index in [0.29, 0.717) is 12.4 Å². The molecular formula is C11H19N3O2. The summed E-state index contributed by atoms with van der Waals surface area (Å²) in [5.74, 6) is 0.572. The van der Waals surface area contributed by atoms with Crippen LogP contribution in [0.4, 0.5) is 0 Å². The van der Waals surface area contributed by atoms with Gasteiger partial charge in [-0.25, -0.2) is 4.98 Å². The van der Waals surface area contributed by atoms with Crippen molar-refractivity contribution in [3.05, 3.63) is 27.9 Å². The smallest absolute Gasteiger partial charge is 0.251 e. The van der Waals surface area contributed by atoms with Gasteiger partial charge < -0.3 is 15.0 Å². The van der Waals surface area contributed by atoms with Crippen LogP contribution in [0, 0.1) is 0 Å². The lowest BCUT2D eigenvalue weighted by atomic mass is 10.3. The summed E-state index contributed by atoms with van der Waals surface area (Å²) >= 11 is 0. The van der Waals surface area contributed by atoms with Crippen LogP contribution >= 0.6 is 0 Å². The maximum absolute atomic E-state index is 11.4. The van der Waals surface area contributed by atoms with Crippen LogP contribution in [-0.4, -0.2) is 23.6 Å². The minimum Gasteiger partial charge on any atom is -0.374 e. The van der Waals surface area contributed by atoms with Gasteiger partial charge in [0, 0.05) is 19.7 Å². The summed E-state index contributed by atoms with van der Waals surface area (Å²) in [4.78, 5) is 18.4. The lowest BCUT2D eigenvalue weighted by Crippen LogP contribution is -2.20. The molecule has 90 valence electrons. The molecule has 5 heteroatoms. The Morgan fingerprint density at radius 3 is 3.00 bits per heavy atom. The molecule has 0 aliphatic rings. The third-order valence-electron chi connectivity index (χ3n) is 2.28. The van der Waals surface area contributed by atoms with Crippen molar-refractivity contribution < 1.29 is 4.74 Å². The summed E-state index contributed by atoms with van der Waals surface area (Å²) in [6, 6.07) is 1.51. The second-order valence-corrected chi connectivity index (χ2v) is 3.68. The van der Waals surface area contributed by atoms with E-state index in [2.05, 4.69) is 22.2 Å². The highest BCUT2D eigenvalue weighted by atomic mass is 16.5. The van der Waals surface area contributed by atoms with Crippen LogP contribution in [0.3, 0.4) is 0 Å². The molecule has 0 spiro atoms. The van der Waals surface area contributed by atoms with Crippen molar-refractivity contribution >= 4 is 0 Å². The third-order valence-corrected chi connectivity index (χ3v) is 2.28. The van der Waals surface area contributed by atoms with E-state index in [-0.39, 0.29) is 11.7 Å².